The van der Waals surface area contributed by atoms with Crippen LogP contribution >= 0.6 is 11.3 Å². The number of likely N-dealkylation sites (N-methyl/N-ethyl adjacent to an activating group) is 1. The molecule has 1 aromatic rings. The van der Waals surface area contributed by atoms with Gasteiger partial charge >= 0.3 is 0 Å². The first kappa shape index (κ1) is 17.7. The maximum absolute atomic E-state index is 3.75. The largest absolute Gasteiger partial charge is 0.309 e. The van der Waals surface area contributed by atoms with Gasteiger partial charge in [-0.05, 0) is 52.4 Å². The van der Waals surface area contributed by atoms with Gasteiger partial charge in [0.15, 0.2) is 0 Å². The molecule has 0 aliphatic rings. The molecule has 1 rings (SSSR count). The zero-order chi connectivity index (χ0) is 15.3. The van der Waals surface area contributed by atoms with Crippen LogP contribution in [0.3, 0.4) is 0 Å². The Morgan fingerprint density at radius 3 is 2.20 bits per heavy atom. The summed E-state index contributed by atoms with van der Waals surface area (Å²) in [7, 11) is 4.41. The van der Waals surface area contributed by atoms with Gasteiger partial charge < -0.3 is 10.2 Å². The molecule has 0 fully saturated rings. The first-order chi connectivity index (χ1) is 9.40. The molecule has 0 radical (unpaired) electrons. The maximum atomic E-state index is 3.75. The van der Waals surface area contributed by atoms with E-state index in [1.165, 1.54) is 28.2 Å². The molecule has 2 atom stereocenters. The molecule has 1 aromatic heterocycles. The molecule has 1 heterocycles. The van der Waals surface area contributed by atoms with Crippen LogP contribution in [-0.4, -0.2) is 31.6 Å². The van der Waals surface area contributed by atoms with Crippen molar-refractivity contribution in [1.29, 1.82) is 0 Å². The Balaban J connectivity index is 2.65. The summed E-state index contributed by atoms with van der Waals surface area (Å²) < 4.78 is 0. The van der Waals surface area contributed by atoms with Crippen LogP contribution in [-0.2, 0) is 0 Å². The van der Waals surface area contributed by atoms with Gasteiger partial charge in [0.2, 0.25) is 0 Å². The summed E-state index contributed by atoms with van der Waals surface area (Å²) in [6.45, 7) is 12.4. The normalized spacial score (nSPS) is 15.1. The van der Waals surface area contributed by atoms with E-state index in [2.05, 4.69) is 65.0 Å². The highest BCUT2D eigenvalue weighted by Gasteiger charge is 2.21. The van der Waals surface area contributed by atoms with Crippen LogP contribution in [0.25, 0.3) is 0 Å². The molecule has 116 valence electrons. The number of nitrogens with zero attached hydrogens (tertiary/aromatic N) is 1. The van der Waals surface area contributed by atoms with Gasteiger partial charge in [-0.25, -0.2) is 0 Å². The Labute approximate surface area is 129 Å². The second kappa shape index (κ2) is 8.16. The van der Waals surface area contributed by atoms with E-state index in [1.54, 1.807) is 0 Å². The lowest BCUT2D eigenvalue weighted by Gasteiger charge is -2.32. The second-order valence-corrected chi connectivity index (χ2v) is 7.57. The van der Waals surface area contributed by atoms with Crippen LogP contribution in [0.2, 0.25) is 0 Å². The van der Waals surface area contributed by atoms with Gasteiger partial charge in [0.25, 0.3) is 0 Å². The van der Waals surface area contributed by atoms with Crippen molar-refractivity contribution >= 4 is 11.3 Å². The zero-order valence-electron chi connectivity index (χ0n) is 14.3. The van der Waals surface area contributed by atoms with Crippen LogP contribution in [0.5, 0.6) is 0 Å². The van der Waals surface area contributed by atoms with E-state index < -0.39 is 0 Å². The standard InChI is InChI=1S/C17H32N2S/c1-8-15(9-2)17(19(6)7)11-18-13(4)16-10-12(3)20-14(16)5/h10,13,15,17-18H,8-9,11H2,1-7H3. The van der Waals surface area contributed by atoms with Crippen molar-refractivity contribution < 1.29 is 0 Å². The molecule has 3 heteroatoms. The van der Waals surface area contributed by atoms with Crippen molar-refractivity contribution in [3.05, 3.63) is 21.4 Å². The molecular formula is C17H32N2S. The SMILES string of the molecule is CCC(CC)C(CNC(C)c1cc(C)sc1C)N(C)C. The van der Waals surface area contributed by atoms with Crippen molar-refractivity contribution in [2.24, 2.45) is 5.92 Å². The van der Waals surface area contributed by atoms with Gasteiger partial charge in [-0.1, -0.05) is 26.7 Å². The first-order valence-electron chi connectivity index (χ1n) is 7.87. The fraction of sp³-hybridized carbons (Fsp3) is 0.765. The molecule has 0 saturated heterocycles. The highest BCUT2D eigenvalue weighted by atomic mass is 32.1. The summed E-state index contributed by atoms with van der Waals surface area (Å²) in [5.41, 5.74) is 1.47. The lowest BCUT2D eigenvalue weighted by Crippen LogP contribution is -2.43. The van der Waals surface area contributed by atoms with E-state index in [0.717, 1.165) is 12.5 Å². The summed E-state index contributed by atoms with van der Waals surface area (Å²) in [6.07, 6.45) is 2.51. The number of hydrogen-bond acceptors (Lipinski definition) is 3. The van der Waals surface area contributed by atoms with Crippen LogP contribution in [0, 0.1) is 19.8 Å². The zero-order valence-corrected chi connectivity index (χ0v) is 15.1. The van der Waals surface area contributed by atoms with Crippen LogP contribution in [0.4, 0.5) is 0 Å². The van der Waals surface area contributed by atoms with Gasteiger partial charge in [0.1, 0.15) is 0 Å². The molecule has 2 unspecified atom stereocenters. The van der Waals surface area contributed by atoms with E-state index in [4.69, 9.17) is 0 Å². The third-order valence-electron chi connectivity index (χ3n) is 4.44. The monoisotopic (exact) mass is 296 g/mol. The number of hydrogen-bond donors (Lipinski definition) is 1. The average molecular weight is 297 g/mol. The summed E-state index contributed by atoms with van der Waals surface area (Å²) in [5.74, 6) is 0.773. The Kier molecular flexibility index (Phi) is 7.21. The maximum Gasteiger partial charge on any atom is 0.0303 e. The van der Waals surface area contributed by atoms with Crippen LogP contribution in [0.15, 0.2) is 6.07 Å². The van der Waals surface area contributed by atoms with E-state index in [1.807, 2.05) is 11.3 Å². The quantitative estimate of drug-likeness (QED) is 0.766. The highest BCUT2D eigenvalue weighted by molar-refractivity contribution is 7.12. The van der Waals surface area contributed by atoms with Crippen LogP contribution in [0.1, 0.15) is 55.0 Å². The summed E-state index contributed by atoms with van der Waals surface area (Å²) in [5, 5.41) is 3.75. The highest BCUT2D eigenvalue weighted by Crippen LogP contribution is 2.26. The Morgan fingerprint density at radius 1 is 1.20 bits per heavy atom. The molecule has 0 aliphatic heterocycles. The van der Waals surface area contributed by atoms with Crippen molar-refractivity contribution in [1.82, 2.24) is 10.2 Å². The number of aryl methyl sites for hydroxylation is 2. The number of thiophene rings is 1. The molecule has 0 aromatic carbocycles. The topological polar surface area (TPSA) is 15.3 Å². The second-order valence-electron chi connectivity index (χ2n) is 6.11. The summed E-state index contributed by atoms with van der Waals surface area (Å²) in [4.78, 5) is 5.24. The van der Waals surface area contributed by atoms with Gasteiger partial charge in [0.05, 0.1) is 0 Å². The van der Waals surface area contributed by atoms with E-state index in [-0.39, 0.29) is 0 Å². The third kappa shape index (κ3) is 4.57. The predicted octanol–water partition coefficient (Wildman–Crippen LogP) is 4.38. The Bertz CT molecular complexity index is 394. The smallest absolute Gasteiger partial charge is 0.0303 e. The third-order valence-corrected chi connectivity index (χ3v) is 5.42. The number of rotatable bonds is 8. The van der Waals surface area contributed by atoms with Crippen LogP contribution < -0.4 is 5.32 Å². The number of nitrogens with one attached hydrogen (secondary N) is 1. The molecule has 0 saturated carbocycles. The average Bonchev–Trinajstić information content (AvgIpc) is 2.72. The molecule has 0 amide bonds. The van der Waals surface area contributed by atoms with Crippen molar-refractivity contribution in [3.8, 4) is 0 Å². The van der Waals surface area contributed by atoms with Gasteiger partial charge in [-0.2, -0.15) is 0 Å². The van der Waals surface area contributed by atoms with E-state index >= 15 is 0 Å². The Morgan fingerprint density at radius 2 is 1.80 bits per heavy atom. The first-order valence-corrected chi connectivity index (χ1v) is 8.69. The predicted molar refractivity (Wildman–Crippen MR) is 91.8 cm³/mol. The van der Waals surface area contributed by atoms with Gasteiger partial charge in [0, 0.05) is 28.4 Å². The molecule has 2 nitrogen and oxygen atoms in total. The minimum absolute atomic E-state index is 0.441. The summed E-state index contributed by atoms with van der Waals surface area (Å²) in [6, 6.07) is 3.39. The van der Waals surface area contributed by atoms with Gasteiger partial charge in [-0.3, -0.25) is 0 Å². The van der Waals surface area contributed by atoms with Crippen molar-refractivity contribution in [2.75, 3.05) is 20.6 Å². The molecule has 1 N–H and O–H groups in total. The lowest BCUT2D eigenvalue weighted by molar-refractivity contribution is 0.190. The minimum Gasteiger partial charge on any atom is -0.309 e. The molecule has 0 bridgehead atoms. The molecule has 0 aliphatic carbocycles. The fourth-order valence-electron chi connectivity index (χ4n) is 3.09. The van der Waals surface area contributed by atoms with Crippen molar-refractivity contribution in [3.63, 3.8) is 0 Å². The fourth-order valence-corrected chi connectivity index (χ4v) is 4.11. The summed E-state index contributed by atoms with van der Waals surface area (Å²) >= 11 is 1.90. The molecule has 20 heavy (non-hydrogen) atoms. The van der Waals surface area contributed by atoms with Crippen molar-refractivity contribution in [2.45, 2.75) is 59.5 Å². The minimum atomic E-state index is 0.441. The molecule has 0 spiro atoms. The van der Waals surface area contributed by atoms with E-state index in [9.17, 15) is 0 Å². The van der Waals surface area contributed by atoms with Gasteiger partial charge in [-0.15, -0.1) is 11.3 Å². The van der Waals surface area contributed by atoms with E-state index in [0.29, 0.717) is 12.1 Å². The Hall–Kier alpha value is -0.380. The lowest BCUT2D eigenvalue weighted by atomic mass is 9.93. The molecular weight excluding hydrogens is 264 g/mol.